The molecule has 2 N–H and O–H groups in total. The number of para-hydroxylation sites is 1. The Balaban J connectivity index is 1.64. The lowest BCUT2D eigenvalue weighted by Crippen LogP contribution is -2.20. The van der Waals surface area contributed by atoms with Crippen molar-refractivity contribution in [3.8, 4) is 10.6 Å². The normalized spacial score (nSPS) is 10.7. The van der Waals surface area contributed by atoms with Crippen LogP contribution in [-0.2, 0) is 14.3 Å². The Hall–Kier alpha value is -2.77. The van der Waals surface area contributed by atoms with Crippen LogP contribution in [0.2, 0.25) is 0 Å². The second-order valence-electron chi connectivity index (χ2n) is 5.00. The van der Waals surface area contributed by atoms with Gasteiger partial charge in [0, 0.05) is 11.3 Å². The van der Waals surface area contributed by atoms with Crippen LogP contribution >= 0.6 is 11.3 Å². The van der Waals surface area contributed by atoms with E-state index < -0.39 is 18.5 Å². The van der Waals surface area contributed by atoms with Gasteiger partial charge in [-0.15, -0.1) is 11.3 Å². The van der Waals surface area contributed by atoms with Crippen molar-refractivity contribution in [2.24, 2.45) is 0 Å². The first-order valence-electron chi connectivity index (χ1n) is 7.17. The molecule has 0 radical (unpaired) electrons. The van der Waals surface area contributed by atoms with E-state index in [9.17, 15) is 9.59 Å². The van der Waals surface area contributed by atoms with E-state index in [-0.39, 0.29) is 6.61 Å². The summed E-state index contributed by atoms with van der Waals surface area (Å²) in [4.78, 5) is 26.5. The number of nitrogens with zero attached hydrogens (tertiary/aromatic N) is 1. The zero-order valence-electron chi connectivity index (χ0n) is 12.6. The predicted molar refractivity (Wildman–Crippen MR) is 92.1 cm³/mol. The van der Waals surface area contributed by atoms with E-state index in [2.05, 4.69) is 10.3 Å². The Bertz CT molecular complexity index is 841. The Morgan fingerprint density at radius 1 is 1.08 bits per heavy atom. The fourth-order valence-electron chi connectivity index (χ4n) is 2.12. The van der Waals surface area contributed by atoms with Crippen molar-refractivity contribution < 1.29 is 19.4 Å². The highest BCUT2D eigenvalue weighted by Gasteiger charge is 2.07. The van der Waals surface area contributed by atoms with Crippen LogP contribution in [0.3, 0.4) is 0 Å². The molecule has 1 amide bonds. The van der Waals surface area contributed by atoms with Crippen molar-refractivity contribution in [2.75, 3.05) is 18.5 Å². The summed E-state index contributed by atoms with van der Waals surface area (Å²) in [5.41, 5.74) is 2.55. The van der Waals surface area contributed by atoms with Crippen LogP contribution in [0, 0.1) is 0 Å². The highest BCUT2D eigenvalue weighted by Crippen LogP contribution is 2.30. The number of carbonyl (C=O) groups is 2. The van der Waals surface area contributed by atoms with Crippen LogP contribution < -0.4 is 5.32 Å². The molecule has 122 valence electrons. The maximum atomic E-state index is 11.6. The molecule has 2 aromatic carbocycles. The molecule has 0 fully saturated rings. The van der Waals surface area contributed by atoms with Gasteiger partial charge in [0.1, 0.15) is 18.2 Å². The van der Waals surface area contributed by atoms with E-state index in [1.807, 2.05) is 36.4 Å². The molecule has 0 spiro atoms. The minimum Gasteiger partial charge on any atom is -0.480 e. The van der Waals surface area contributed by atoms with Gasteiger partial charge in [-0.3, -0.25) is 4.79 Å². The summed E-state index contributed by atoms with van der Waals surface area (Å²) in [6, 6.07) is 15.2. The number of carbonyl (C=O) groups excluding carboxylic acids is 1. The molecular formula is C17H14N2O4S. The maximum absolute atomic E-state index is 11.6. The summed E-state index contributed by atoms with van der Waals surface area (Å²) >= 11 is 1.61. The van der Waals surface area contributed by atoms with Gasteiger partial charge in [-0.2, -0.15) is 0 Å². The predicted octanol–water partition coefficient (Wildman–Crippen LogP) is 3.00. The fourth-order valence-corrected chi connectivity index (χ4v) is 3.09. The number of aliphatic carboxylic acids is 1. The standard InChI is InChI=1S/C17H14N2O4S/c20-15(9-23-10-16(21)22)18-12-7-5-11(6-8-12)17-19-13-3-1-2-4-14(13)24-17/h1-8H,9-10H2,(H,18,20)(H,21,22). The van der Waals surface area contributed by atoms with Crippen LogP contribution in [0.15, 0.2) is 48.5 Å². The van der Waals surface area contributed by atoms with Gasteiger partial charge in [-0.25, -0.2) is 9.78 Å². The summed E-state index contributed by atoms with van der Waals surface area (Å²) in [5, 5.41) is 12.0. The van der Waals surface area contributed by atoms with Gasteiger partial charge in [0.2, 0.25) is 5.91 Å². The smallest absolute Gasteiger partial charge is 0.329 e. The first-order valence-corrected chi connectivity index (χ1v) is 7.99. The third-order valence-corrected chi connectivity index (χ3v) is 4.25. The van der Waals surface area contributed by atoms with Crippen molar-refractivity contribution in [1.29, 1.82) is 0 Å². The van der Waals surface area contributed by atoms with Crippen molar-refractivity contribution in [3.63, 3.8) is 0 Å². The first-order chi connectivity index (χ1) is 11.6. The number of aromatic nitrogens is 1. The molecule has 0 aliphatic rings. The summed E-state index contributed by atoms with van der Waals surface area (Å²) in [5.74, 6) is -1.51. The molecule has 3 aromatic rings. The Morgan fingerprint density at radius 2 is 1.83 bits per heavy atom. The zero-order valence-corrected chi connectivity index (χ0v) is 13.4. The summed E-state index contributed by atoms with van der Waals surface area (Å²) in [6.45, 7) is -0.796. The zero-order chi connectivity index (χ0) is 16.9. The van der Waals surface area contributed by atoms with Gasteiger partial charge in [0.15, 0.2) is 0 Å². The van der Waals surface area contributed by atoms with Crippen molar-refractivity contribution in [2.45, 2.75) is 0 Å². The molecule has 0 saturated heterocycles. The van der Waals surface area contributed by atoms with Crippen LogP contribution in [0.25, 0.3) is 20.8 Å². The maximum Gasteiger partial charge on any atom is 0.329 e. The van der Waals surface area contributed by atoms with E-state index in [0.717, 1.165) is 20.8 Å². The Labute approximate surface area is 141 Å². The molecule has 0 bridgehead atoms. The average Bonchev–Trinajstić information content (AvgIpc) is 2.99. The second kappa shape index (κ2) is 7.20. The average molecular weight is 342 g/mol. The van der Waals surface area contributed by atoms with E-state index in [1.165, 1.54) is 0 Å². The van der Waals surface area contributed by atoms with E-state index >= 15 is 0 Å². The summed E-state index contributed by atoms with van der Waals surface area (Å²) < 4.78 is 5.86. The monoisotopic (exact) mass is 342 g/mol. The van der Waals surface area contributed by atoms with Crippen LogP contribution in [0.4, 0.5) is 5.69 Å². The van der Waals surface area contributed by atoms with Gasteiger partial charge in [0.25, 0.3) is 0 Å². The lowest BCUT2D eigenvalue weighted by atomic mass is 10.2. The number of hydrogen-bond acceptors (Lipinski definition) is 5. The quantitative estimate of drug-likeness (QED) is 0.719. The summed E-state index contributed by atoms with van der Waals surface area (Å²) in [6.07, 6.45) is 0. The molecule has 24 heavy (non-hydrogen) atoms. The lowest BCUT2D eigenvalue weighted by molar-refractivity contribution is -0.143. The molecular weight excluding hydrogens is 328 g/mol. The van der Waals surface area contributed by atoms with Crippen molar-refractivity contribution in [1.82, 2.24) is 4.98 Å². The number of carboxylic acids is 1. The molecule has 0 atom stereocenters. The summed E-state index contributed by atoms with van der Waals surface area (Å²) in [7, 11) is 0. The molecule has 0 aliphatic heterocycles. The topological polar surface area (TPSA) is 88.5 Å². The Kier molecular flexibility index (Phi) is 4.83. The van der Waals surface area contributed by atoms with Gasteiger partial charge >= 0.3 is 5.97 Å². The van der Waals surface area contributed by atoms with Crippen molar-refractivity contribution >= 4 is 39.1 Å². The number of amides is 1. The van der Waals surface area contributed by atoms with Gasteiger partial charge < -0.3 is 15.2 Å². The number of rotatable bonds is 6. The van der Waals surface area contributed by atoms with E-state index in [1.54, 1.807) is 23.5 Å². The van der Waals surface area contributed by atoms with Crippen LogP contribution in [0.1, 0.15) is 0 Å². The SMILES string of the molecule is O=C(O)COCC(=O)Nc1ccc(-c2nc3ccccc3s2)cc1. The molecule has 0 saturated carbocycles. The number of nitrogens with one attached hydrogen (secondary N) is 1. The van der Waals surface area contributed by atoms with Crippen LogP contribution in [0.5, 0.6) is 0 Å². The van der Waals surface area contributed by atoms with Gasteiger partial charge in [0.05, 0.1) is 10.2 Å². The number of anilines is 1. The molecule has 1 aromatic heterocycles. The third-order valence-electron chi connectivity index (χ3n) is 3.17. The van der Waals surface area contributed by atoms with Gasteiger partial charge in [-0.1, -0.05) is 12.1 Å². The molecule has 7 heteroatoms. The van der Waals surface area contributed by atoms with Crippen molar-refractivity contribution in [3.05, 3.63) is 48.5 Å². The minimum atomic E-state index is -1.11. The third kappa shape index (κ3) is 3.95. The van der Waals surface area contributed by atoms with E-state index in [4.69, 9.17) is 9.84 Å². The minimum absolute atomic E-state index is 0.300. The second-order valence-corrected chi connectivity index (χ2v) is 6.03. The number of thiazole rings is 1. The molecule has 6 nitrogen and oxygen atoms in total. The highest BCUT2D eigenvalue weighted by molar-refractivity contribution is 7.21. The number of hydrogen-bond donors (Lipinski definition) is 2. The lowest BCUT2D eigenvalue weighted by Gasteiger charge is -2.05. The molecule has 1 heterocycles. The van der Waals surface area contributed by atoms with Gasteiger partial charge in [-0.05, 0) is 36.4 Å². The molecule has 0 aliphatic carbocycles. The molecule has 3 rings (SSSR count). The van der Waals surface area contributed by atoms with Crippen LogP contribution in [-0.4, -0.2) is 35.2 Å². The number of ether oxygens (including phenoxy) is 1. The number of fused-ring (bicyclic) bond motifs is 1. The first kappa shape index (κ1) is 16.1. The van der Waals surface area contributed by atoms with E-state index in [0.29, 0.717) is 5.69 Å². The highest BCUT2D eigenvalue weighted by atomic mass is 32.1. The molecule has 0 unspecified atom stereocenters. The number of benzene rings is 2. The largest absolute Gasteiger partial charge is 0.480 e. The fraction of sp³-hybridized carbons (Fsp3) is 0.118. The Morgan fingerprint density at radius 3 is 2.54 bits per heavy atom. The number of carboxylic acid groups (broad SMARTS) is 1.